The number of carbonyl (C=O) groups is 2. The number of hydrogen-bond acceptors (Lipinski definition) is 7. The Balaban J connectivity index is 1.44. The van der Waals surface area contributed by atoms with E-state index >= 15 is 0 Å². The van der Waals surface area contributed by atoms with Crippen molar-refractivity contribution in [2.24, 2.45) is 4.99 Å². The average Bonchev–Trinajstić information content (AvgIpc) is 3.31. The molecule has 0 aliphatic carbocycles. The van der Waals surface area contributed by atoms with Gasteiger partial charge in [0, 0.05) is 0 Å². The lowest BCUT2D eigenvalue weighted by Gasteiger charge is -2.16. The Morgan fingerprint density at radius 1 is 0.889 bits per heavy atom. The van der Waals surface area contributed by atoms with Crippen molar-refractivity contribution < 1.29 is 28.9 Å². The van der Waals surface area contributed by atoms with Crippen LogP contribution in [0.3, 0.4) is 0 Å². The van der Waals surface area contributed by atoms with Gasteiger partial charge in [0.1, 0.15) is 12.4 Å². The molecule has 0 unspecified atom stereocenters. The number of carbonyl (C=O) groups excluding carboxylic acids is 1. The Hall–Kier alpha value is -4.15. The van der Waals surface area contributed by atoms with Gasteiger partial charge in [-0.2, -0.15) is 0 Å². The van der Waals surface area contributed by atoms with E-state index in [1.807, 2.05) is 0 Å². The van der Waals surface area contributed by atoms with Crippen LogP contribution in [0.25, 0.3) is 6.08 Å². The molecule has 1 N–H and O–H groups in total. The molecule has 1 saturated heterocycles. The minimum absolute atomic E-state index is 0.156. The second-order valence-corrected chi connectivity index (χ2v) is 11.9. The van der Waals surface area contributed by atoms with E-state index in [1.165, 1.54) is 31.0 Å². The molecule has 8 nitrogen and oxygen atoms in total. The van der Waals surface area contributed by atoms with Gasteiger partial charge in [-0.25, -0.2) is 9.79 Å². The van der Waals surface area contributed by atoms with Crippen LogP contribution in [0.5, 0.6) is 17.2 Å². The Morgan fingerprint density at radius 2 is 1.60 bits per heavy atom. The van der Waals surface area contributed by atoms with Crippen LogP contribution >= 0.6 is 46.6 Å². The van der Waals surface area contributed by atoms with E-state index in [4.69, 9.17) is 54.0 Å². The summed E-state index contributed by atoms with van der Waals surface area (Å²) in [7, 11) is 3.08. The van der Waals surface area contributed by atoms with Gasteiger partial charge in [-0.15, -0.1) is 0 Å². The summed E-state index contributed by atoms with van der Waals surface area (Å²) in [5.74, 6) is 0.101. The second kappa shape index (κ2) is 14.3. The summed E-state index contributed by atoms with van der Waals surface area (Å²) in [4.78, 5) is 31.7. The lowest BCUT2D eigenvalue weighted by atomic mass is 10.1. The van der Waals surface area contributed by atoms with Crippen molar-refractivity contribution in [1.82, 2.24) is 4.90 Å². The van der Waals surface area contributed by atoms with Gasteiger partial charge >= 0.3 is 5.97 Å². The molecule has 5 rings (SSSR count). The fourth-order valence-corrected chi connectivity index (χ4v) is 5.93. The van der Waals surface area contributed by atoms with E-state index < -0.39 is 5.97 Å². The molecule has 12 heteroatoms. The van der Waals surface area contributed by atoms with Crippen molar-refractivity contribution >= 4 is 75.4 Å². The molecule has 1 heterocycles. The molecule has 230 valence electrons. The van der Waals surface area contributed by atoms with Gasteiger partial charge in [0.2, 0.25) is 0 Å². The Morgan fingerprint density at radius 3 is 2.24 bits per heavy atom. The smallest absolute Gasteiger partial charge is 0.335 e. The SMILES string of the molecule is COc1ccc(N=C2S/C(=C\c3cc(Cl)c(OCc4ccc(Cl)c(Cl)c4)c(OC)c3)C(=O)N2Cc2ccc(C(=O)O)cc2)cc1. The van der Waals surface area contributed by atoms with Crippen molar-refractivity contribution in [3.05, 3.63) is 121 Å². The van der Waals surface area contributed by atoms with Crippen LogP contribution in [0.4, 0.5) is 5.69 Å². The topological polar surface area (TPSA) is 97.7 Å². The number of ether oxygens (including phenoxy) is 3. The minimum Gasteiger partial charge on any atom is -0.497 e. The Labute approximate surface area is 278 Å². The van der Waals surface area contributed by atoms with E-state index in [0.29, 0.717) is 53.6 Å². The summed E-state index contributed by atoms with van der Waals surface area (Å²) in [6, 6.07) is 22.1. The molecule has 4 aromatic carbocycles. The van der Waals surface area contributed by atoms with Gasteiger partial charge in [-0.1, -0.05) is 53.0 Å². The number of aromatic carboxylic acids is 1. The standard InChI is InChI=1S/C33H25Cl3N2O6S/c1-42-24-10-8-23(9-11-24)37-33-38(17-19-3-6-22(7-4-19)32(40)41)31(39)29(45-33)16-21-14-27(36)30(28(15-21)43-2)44-18-20-5-12-25(34)26(35)13-20/h3-16H,17-18H2,1-2H3,(H,40,41)/b29-16-,37-33?. The Bertz CT molecular complexity index is 1810. The number of halogens is 3. The van der Waals surface area contributed by atoms with Crippen LogP contribution < -0.4 is 14.2 Å². The van der Waals surface area contributed by atoms with Crippen molar-refractivity contribution in [3.63, 3.8) is 0 Å². The second-order valence-electron chi connectivity index (χ2n) is 9.67. The molecule has 1 fully saturated rings. The predicted octanol–water partition coefficient (Wildman–Crippen LogP) is 8.75. The number of carboxylic acids is 1. The fourth-order valence-electron chi connectivity index (χ4n) is 4.33. The third kappa shape index (κ3) is 7.75. The van der Waals surface area contributed by atoms with Crippen LogP contribution in [0, 0.1) is 0 Å². The highest BCUT2D eigenvalue weighted by Crippen LogP contribution is 2.40. The average molecular weight is 684 g/mol. The fraction of sp³-hybridized carbons (Fsp3) is 0.121. The van der Waals surface area contributed by atoms with Gasteiger partial charge < -0.3 is 19.3 Å². The molecule has 0 atom stereocenters. The molecule has 1 amide bonds. The number of benzene rings is 4. The molecule has 0 aromatic heterocycles. The highest BCUT2D eigenvalue weighted by molar-refractivity contribution is 8.18. The maximum absolute atomic E-state index is 13.7. The Kier molecular flexibility index (Phi) is 10.2. The van der Waals surface area contributed by atoms with Crippen LogP contribution in [0.2, 0.25) is 15.1 Å². The molecule has 0 radical (unpaired) electrons. The molecule has 1 aliphatic heterocycles. The quantitative estimate of drug-likeness (QED) is 0.167. The molecule has 0 bridgehead atoms. The van der Waals surface area contributed by atoms with Crippen molar-refractivity contribution in [3.8, 4) is 17.2 Å². The molecular formula is C33H25Cl3N2O6S. The highest BCUT2D eigenvalue weighted by atomic mass is 35.5. The lowest BCUT2D eigenvalue weighted by Crippen LogP contribution is -2.28. The summed E-state index contributed by atoms with van der Waals surface area (Å²) >= 11 is 20.0. The van der Waals surface area contributed by atoms with Gasteiger partial charge in [0.25, 0.3) is 5.91 Å². The molecule has 0 spiro atoms. The maximum Gasteiger partial charge on any atom is 0.335 e. The van der Waals surface area contributed by atoms with E-state index in [-0.39, 0.29) is 24.6 Å². The highest BCUT2D eigenvalue weighted by Gasteiger charge is 2.33. The van der Waals surface area contributed by atoms with Crippen LogP contribution in [0.1, 0.15) is 27.0 Å². The number of nitrogens with zero attached hydrogens (tertiary/aromatic N) is 2. The number of thioether (sulfide) groups is 1. The summed E-state index contributed by atoms with van der Waals surface area (Å²) in [6.45, 7) is 0.360. The van der Waals surface area contributed by atoms with Crippen molar-refractivity contribution in [2.75, 3.05) is 14.2 Å². The molecule has 1 aliphatic rings. The van der Waals surface area contributed by atoms with Gasteiger partial charge in [-0.05, 0) is 95.2 Å². The van der Waals surface area contributed by atoms with Crippen LogP contribution in [-0.2, 0) is 17.9 Å². The van der Waals surface area contributed by atoms with E-state index in [1.54, 1.807) is 84.8 Å². The molecule has 0 saturated carbocycles. The molecular weight excluding hydrogens is 659 g/mol. The number of carboxylic acid groups (broad SMARTS) is 1. The van der Waals surface area contributed by atoms with Crippen LogP contribution in [0.15, 0.2) is 88.8 Å². The summed E-state index contributed by atoms with van der Waals surface area (Å²) < 4.78 is 16.8. The van der Waals surface area contributed by atoms with Gasteiger partial charge in [0.05, 0.1) is 52.0 Å². The molecule has 4 aromatic rings. The van der Waals surface area contributed by atoms with Crippen LogP contribution in [-0.4, -0.2) is 41.3 Å². The number of methoxy groups -OCH3 is 2. The number of hydrogen-bond donors (Lipinski definition) is 1. The number of amidine groups is 1. The van der Waals surface area contributed by atoms with Crippen molar-refractivity contribution in [1.29, 1.82) is 0 Å². The zero-order valence-corrected chi connectivity index (χ0v) is 27.0. The van der Waals surface area contributed by atoms with E-state index in [0.717, 1.165) is 11.1 Å². The summed E-state index contributed by atoms with van der Waals surface area (Å²) in [5.41, 5.74) is 2.94. The van der Waals surface area contributed by atoms with Crippen molar-refractivity contribution in [2.45, 2.75) is 13.2 Å². The largest absolute Gasteiger partial charge is 0.497 e. The predicted molar refractivity (Wildman–Crippen MR) is 178 cm³/mol. The van der Waals surface area contributed by atoms with Gasteiger partial charge in [-0.3, -0.25) is 9.69 Å². The third-order valence-electron chi connectivity index (χ3n) is 6.64. The van der Waals surface area contributed by atoms with Gasteiger partial charge in [0.15, 0.2) is 16.7 Å². The maximum atomic E-state index is 13.7. The first kappa shape index (κ1) is 32.2. The molecule has 45 heavy (non-hydrogen) atoms. The zero-order chi connectivity index (χ0) is 32.1. The first-order valence-corrected chi connectivity index (χ1v) is 15.3. The lowest BCUT2D eigenvalue weighted by molar-refractivity contribution is -0.122. The summed E-state index contributed by atoms with van der Waals surface area (Å²) in [5, 5.41) is 10.9. The normalized spacial score (nSPS) is 14.7. The monoisotopic (exact) mass is 682 g/mol. The number of amides is 1. The number of aliphatic imine (C=N–C) groups is 1. The minimum atomic E-state index is -1.03. The van der Waals surface area contributed by atoms with E-state index in [2.05, 4.69) is 0 Å². The first-order chi connectivity index (χ1) is 21.6. The zero-order valence-electron chi connectivity index (χ0n) is 23.9. The third-order valence-corrected chi connectivity index (χ3v) is 8.67. The first-order valence-electron chi connectivity index (χ1n) is 13.4. The van der Waals surface area contributed by atoms with E-state index in [9.17, 15) is 14.7 Å². The summed E-state index contributed by atoms with van der Waals surface area (Å²) in [6.07, 6.45) is 1.71. The number of rotatable bonds is 10.